The maximum absolute atomic E-state index is 13.4. The molecule has 1 aromatic heterocycles. The predicted molar refractivity (Wildman–Crippen MR) is 138 cm³/mol. The van der Waals surface area contributed by atoms with Crippen LogP contribution in [-0.4, -0.2) is 46.2 Å². The molecule has 0 N–H and O–H groups in total. The number of oxazole rings is 1. The molecule has 7 heteroatoms. The van der Waals surface area contributed by atoms with Gasteiger partial charge in [-0.15, -0.1) is 0 Å². The molecule has 1 aliphatic heterocycles. The van der Waals surface area contributed by atoms with Gasteiger partial charge in [0.05, 0.1) is 6.04 Å². The van der Waals surface area contributed by atoms with Gasteiger partial charge in [-0.05, 0) is 49.1 Å². The molecule has 2 heterocycles. The van der Waals surface area contributed by atoms with Crippen molar-refractivity contribution in [2.75, 3.05) is 19.6 Å². The molecule has 7 nitrogen and oxygen atoms in total. The van der Waals surface area contributed by atoms with Gasteiger partial charge in [-0.1, -0.05) is 57.2 Å². The zero-order valence-corrected chi connectivity index (χ0v) is 21.8. The van der Waals surface area contributed by atoms with Crippen LogP contribution in [0.2, 0.25) is 0 Å². The Bertz CT molecular complexity index is 1210. The van der Waals surface area contributed by atoms with E-state index in [0.29, 0.717) is 31.3 Å². The van der Waals surface area contributed by atoms with E-state index in [9.17, 15) is 9.59 Å². The van der Waals surface area contributed by atoms with E-state index in [0.717, 1.165) is 17.5 Å². The third kappa shape index (κ3) is 5.30. The van der Waals surface area contributed by atoms with Crippen LogP contribution in [0, 0.1) is 5.41 Å². The van der Waals surface area contributed by atoms with E-state index in [-0.39, 0.29) is 30.2 Å². The summed E-state index contributed by atoms with van der Waals surface area (Å²) in [5, 5.41) is 0. The fraction of sp³-hybridized carbons (Fsp3) is 0.414. The normalized spacial score (nSPS) is 15.4. The predicted octanol–water partition coefficient (Wildman–Crippen LogP) is 5.26. The Labute approximate surface area is 213 Å². The second-order valence-electron chi connectivity index (χ2n) is 10.1. The molecule has 3 aromatic rings. The molecule has 1 aliphatic rings. The summed E-state index contributed by atoms with van der Waals surface area (Å²) in [6, 6.07) is 16.0. The largest absolute Gasteiger partial charge is 0.484 e. The first-order chi connectivity index (χ1) is 17.2. The first-order valence-electron chi connectivity index (χ1n) is 12.6. The van der Waals surface area contributed by atoms with Crippen LogP contribution >= 0.6 is 0 Å². The van der Waals surface area contributed by atoms with Gasteiger partial charge in [0.1, 0.15) is 12.0 Å². The molecular formula is C29H35N3O4. The van der Waals surface area contributed by atoms with Crippen LogP contribution in [0.5, 0.6) is 5.75 Å². The van der Waals surface area contributed by atoms with Gasteiger partial charge in [-0.3, -0.25) is 9.59 Å². The first-order valence-corrected chi connectivity index (χ1v) is 12.6. The lowest BCUT2D eigenvalue weighted by molar-refractivity contribution is -0.141. The summed E-state index contributed by atoms with van der Waals surface area (Å²) < 4.78 is 11.5. The standard InChI is InChI=1S/C29H35N3O4/c1-6-31(7-2)27(33)24-18-36-25(30-24)19-35-22-14-13-20-15-16-32(28(34)29(3,4)5)26(23(20)17-22)21-11-9-8-10-12-21/h8-14,17-18,26H,6-7,15-16,19H2,1-5H3. The SMILES string of the molecule is CCN(CC)C(=O)c1coc(COc2ccc3c(c2)C(c2ccccc2)N(C(=O)C(C)(C)C)CC3)n1. The maximum Gasteiger partial charge on any atom is 0.275 e. The number of carbonyl (C=O) groups excluding carboxylic acids is 2. The second kappa shape index (κ2) is 10.6. The molecule has 0 bridgehead atoms. The van der Waals surface area contributed by atoms with E-state index in [1.165, 1.54) is 11.8 Å². The highest BCUT2D eigenvalue weighted by Crippen LogP contribution is 2.39. The quantitative estimate of drug-likeness (QED) is 0.453. The lowest BCUT2D eigenvalue weighted by atomic mass is 9.85. The minimum absolute atomic E-state index is 0.102. The highest BCUT2D eigenvalue weighted by Gasteiger charge is 2.37. The minimum Gasteiger partial charge on any atom is -0.484 e. The number of nitrogens with zero attached hydrogens (tertiary/aromatic N) is 3. The van der Waals surface area contributed by atoms with E-state index in [2.05, 4.69) is 23.2 Å². The highest BCUT2D eigenvalue weighted by molar-refractivity contribution is 5.91. The number of amides is 2. The summed E-state index contributed by atoms with van der Waals surface area (Å²) >= 11 is 0. The summed E-state index contributed by atoms with van der Waals surface area (Å²) in [7, 11) is 0. The fourth-order valence-corrected chi connectivity index (χ4v) is 4.62. The Morgan fingerprint density at radius 3 is 2.50 bits per heavy atom. The van der Waals surface area contributed by atoms with Crippen LogP contribution < -0.4 is 4.74 Å². The molecule has 2 aromatic carbocycles. The van der Waals surface area contributed by atoms with Gasteiger partial charge < -0.3 is 19.0 Å². The zero-order valence-electron chi connectivity index (χ0n) is 21.8. The van der Waals surface area contributed by atoms with Crippen molar-refractivity contribution in [3.63, 3.8) is 0 Å². The van der Waals surface area contributed by atoms with Crippen molar-refractivity contribution < 1.29 is 18.7 Å². The number of rotatable bonds is 7. The molecule has 1 atom stereocenters. The summed E-state index contributed by atoms with van der Waals surface area (Å²) in [5.41, 5.74) is 3.14. The maximum atomic E-state index is 13.4. The van der Waals surface area contributed by atoms with Crippen LogP contribution in [-0.2, 0) is 17.8 Å². The molecule has 0 radical (unpaired) electrons. The number of hydrogen-bond acceptors (Lipinski definition) is 5. The Balaban J connectivity index is 1.58. The van der Waals surface area contributed by atoms with Crippen LogP contribution in [0.4, 0.5) is 0 Å². The molecule has 0 fully saturated rings. The lowest BCUT2D eigenvalue weighted by Crippen LogP contribution is -2.45. The molecular weight excluding hydrogens is 454 g/mol. The molecule has 1 unspecified atom stereocenters. The Hall–Kier alpha value is -3.61. The summed E-state index contributed by atoms with van der Waals surface area (Å²) in [6.07, 6.45) is 2.17. The van der Waals surface area contributed by atoms with Crippen LogP contribution in [0.1, 0.15) is 73.7 Å². The molecule has 190 valence electrons. The van der Waals surface area contributed by atoms with E-state index >= 15 is 0 Å². The molecule has 0 spiro atoms. The summed E-state index contributed by atoms with van der Waals surface area (Å²) in [6.45, 7) is 11.7. The smallest absolute Gasteiger partial charge is 0.275 e. The number of benzene rings is 2. The third-order valence-corrected chi connectivity index (χ3v) is 6.55. The van der Waals surface area contributed by atoms with Crippen LogP contribution in [0.25, 0.3) is 0 Å². The molecule has 36 heavy (non-hydrogen) atoms. The van der Waals surface area contributed by atoms with Gasteiger partial charge in [0.2, 0.25) is 11.8 Å². The van der Waals surface area contributed by atoms with Crippen LogP contribution in [0.3, 0.4) is 0 Å². The molecule has 2 amide bonds. The van der Waals surface area contributed by atoms with E-state index in [4.69, 9.17) is 9.15 Å². The van der Waals surface area contributed by atoms with E-state index < -0.39 is 5.41 Å². The summed E-state index contributed by atoms with van der Waals surface area (Å²) in [4.78, 5) is 33.9. The Kier molecular flexibility index (Phi) is 7.48. The monoisotopic (exact) mass is 489 g/mol. The van der Waals surface area contributed by atoms with Gasteiger partial charge in [-0.2, -0.15) is 0 Å². The number of carbonyl (C=O) groups is 2. The third-order valence-electron chi connectivity index (χ3n) is 6.55. The topological polar surface area (TPSA) is 75.9 Å². The van der Waals surface area contributed by atoms with Gasteiger partial charge in [-0.25, -0.2) is 4.98 Å². The second-order valence-corrected chi connectivity index (χ2v) is 10.1. The average Bonchev–Trinajstić information content (AvgIpc) is 3.36. The number of aromatic nitrogens is 1. The van der Waals surface area contributed by atoms with E-state index in [1.807, 2.05) is 69.9 Å². The Morgan fingerprint density at radius 1 is 1.11 bits per heavy atom. The molecule has 4 rings (SSSR count). The Morgan fingerprint density at radius 2 is 1.83 bits per heavy atom. The first kappa shape index (κ1) is 25.5. The van der Waals surface area contributed by atoms with Gasteiger partial charge in [0, 0.05) is 25.0 Å². The average molecular weight is 490 g/mol. The van der Waals surface area contributed by atoms with Crippen molar-refractivity contribution >= 4 is 11.8 Å². The molecule has 0 aliphatic carbocycles. The summed E-state index contributed by atoms with van der Waals surface area (Å²) in [5.74, 6) is 0.971. The van der Waals surface area contributed by atoms with Crippen molar-refractivity contribution in [1.82, 2.24) is 14.8 Å². The lowest BCUT2D eigenvalue weighted by Gasteiger charge is -2.41. The van der Waals surface area contributed by atoms with Gasteiger partial charge in [0.15, 0.2) is 12.3 Å². The highest BCUT2D eigenvalue weighted by atomic mass is 16.5. The molecule has 0 saturated carbocycles. The van der Waals surface area contributed by atoms with Crippen molar-refractivity contribution in [1.29, 1.82) is 0 Å². The van der Waals surface area contributed by atoms with Crippen molar-refractivity contribution in [3.8, 4) is 5.75 Å². The van der Waals surface area contributed by atoms with Gasteiger partial charge in [0.25, 0.3) is 5.91 Å². The fourth-order valence-electron chi connectivity index (χ4n) is 4.62. The number of ether oxygens (including phenoxy) is 1. The van der Waals surface area contributed by atoms with Crippen molar-refractivity contribution in [2.45, 2.75) is 53.7 Å². The molecule has 0 saturated heterocycles. The number of fused-ring (bicyclic) bond motifs is 1. The minimum atomic E-state index is -0.482. The van der Waals surface area contributed by atoms with Crippen LogP contribution in [0.15, 0.2) is 59.2 Å². The zero-order chi connectivity index (χ0) is 25.9. The van der Waals surface area contributed by atoms with Gasteiger partial charge >= 0.3 is 0 Å². The number of hydrogen-bond donors (Lipinski definition) is 0. The van der Waals surface area contributed by atoms with E-state index in [1.54, 1.807) is 4.90 Å². The van der Waals surface area contributed by atoms with Crippen molar-refractivity contribution in [3.05, 3.63) is 83.1 Å². The van der Waals surface area contributed by atoms with Crippen molar-refractivity contribution in [2.24, 2.45) is 5.41 Å².